The van der Waals surface area contributed by atoms with Crippen molar-refractivity contribution in [1.82, 2.24) is 9.55 Å². The molecule has 2 aromatic rings. The highest BCUT2D eigenvalue weighted by molar-refractivity contribution is 5.13. The van der Waals surface area contributed by atoms with E-state index in [0.717, 1.165) is 5.56 Å². The van der Waals surface area contributed by atoms with Crippen molar-refractivity contribution in [1.29, 1.82) is 0 Å². The second-order valence-electron chi connectivity index (χ2n) is 6.12. The lowest BCUT2D eigenvalue weighted by molar-refractivity contribution is -0.0488. The van der Waals surface area contributed by atoms with Gasteiger partial charge in [-0.15, -0.1) is 0 Å². The number of aryl methyl sites for hydroxylation is 1. The summed E-state index contributed by atoms with van der Waals surface area (Å²) >= 11 is 0. The standard InChI is InChI=1S/C17H19N5O4/c1-11-8-22(17(24)19-16(11)23)15-7-13(20-21-18)14(26-15)10-25-9-12-5-3-2-4-6-12/h2-6,8,13-15H,7,9-10H2,1H3,(H,19,23,24). The number of rotatable bonds is 6. The summed E-state index contributed by atoms with van der Waals surface area (Å²) in [5.74, 6) is 0. The van der Waals surface area contributed by atoms with Gasteiger partial charge in [0.15, 0.2) is 0 Å². The van der Waals surface area contributed by atoms with E-state index in [-0.39, 0.29) is 6.61 Å². The van der Waals surface area contributed by atoms with Crippen LogP contribution in [0.2, 0.25) is 0 Å². The Morgan fingerprint density at radius 3 is 2.88 bits per heavy atom. The third-order valence-corrected chi connectivity index (χ3v) is 4.25. The second-order valence-corrected chi connectivity index (χ2v) is 6.12. The molecular weight excluding hydrogens is 338 g/mol. The summed E-state index contributed by atoms with van der Waals surface area (Å²) in [6.07, 6.45) is 0.679. The summed E-state index contributed by atoms with van der Waals surface area (Å²) in [6.45, 7) is 2.24. The predicted molar refractivity (Wildman–Crippen MR) is 93.6 cm³/mol. The Bertz CT molecular complexity index is 917. The summed E-state index contributed by atoms with van der Waals surface area (Å²) in [6, 6.07) is 9.22. The average molecular weight is 357 g/mol. The van der Waals surface area contributed by atoms with E-state index in [0.29, 0.717) is 18.6 Å². The minimum atomic E-state index is -0.626. The molecule has 3 rings (SSSR count). The number of azide groups is 1. The van der Waals surface area contributed by atoms with Gasteiger partial charge in [0.2, 0.25) is 0 Å². The molecule has 136 valence electrons. The Kier molecular flexibility index (Phi) is 5.52. The van der Waals surface area contributed by atoms with Crippen molar-refractivity contribution in [2.24, 2.45) is 5.11 Å². The van der Waals surface area contributed by atoms with Crippen LogP contribution >= 0.6 is 0 Å². The summed E-state index contributed by atoms with van der Waals surface area (Å²) in [5.41, 5.74) is 9.22. The molecule has 9 nitrogen and oxygen atoms in total. The average Bonchev–Trinajstić information content (AvgIpc) is 3.02. The van der Waals surface area contributed by atoms with Gasteiger partial charge in [-0.2, -0.15) is 0 Å². The molecule has 0 spiro atoms. The Balaban J connectivity index is 1.70. The Hall–Kier alpha value is -2.87. The lowest BCUT2D eigenvalue weighted by atomic mass is 10.1. The fourth-order valence-corrected chi connectivity index (χ4v) is 2.89. The van der Waals surface area contributed by atoms with Crippen LogP contribution < -0.4 is 11.2 Å². The van der Waals surface area contributed by atoms with E-state index in [2.05, 4.69) is 15.0 Å². The molecule has 3 atom stereocenters. The molecule has 0 aliphatic carbocycles. The molecule has 1 aromatic carbocycles. The molecule has 1 fully saturated rings. The normalized spacial score (nSPS) is 22.1. The molecule has 0 bridgehead atoms. The van der Waals surface area contributed by atoms with Gasteiger partial charge in [-0.1, -0.05) is 35.4 Å². The van der Waals surface area contributed by atoms with E-state index in [1.165, 1.54) is 10.8 Å². The molecule has 0 radical (unpaired) electrons. The molecule has 1 aliphatic heterocycles. The number of aromatic amines is 1. The summed E-state index contributed by atoms with van der Waals surface area (Å²) in [7, 11) is 0. The molecule has 2 heterocycles. The second kappa shape index (κ2) is 8.01. The van der Waals surface area contributed by atoms with E-state index in [4.69, 9.17) is 15.0 Å². The lowest BCUT2D eigenvalue weighted by Crippen LogP contribution is -2.33. The minimum Gasteiger partial charge on any atom is -0.374 e. The number of H-pyrrole nitrogens is 1. The zero-order chi connectivity index (χ0) is 18.5. The van der Waals surface area contributed by atoms with Crippen molar-refractivity contribution in [2.75, 3.05) is 6.61 Å². The molecule has 0 saturated carbocycles. The van der Waals surface area contributed by atoms with Crippen molar-refractivity contribution < 1.29 is 9.47 Å². The Morgan fingerprint density at radius 2 is 2.15 bits per heavy atom. The first-order valence-corrected chi connectivity index (χ1v) is 8.22. The van der Waals surface area contributed by atoms with E-state index < -0.39 is 29.6 Å². The summed E-state index contributed by atoms with van der Waals surface area (Å²) < 4.78 is 12.9. The van der Waals surface area contributed by atoms with Gasteiger partial charge < -0.3 is 9.47 Å². The number of benzene rings is 1. The van der Waals surface area contributed by atoms with Crippen molar-refractivity contribution in [3.63, 3.8) is 0 Å². The zero-order valence-electron chi connectivity index (χ0n) is 14.2. The summed E-state index contributed by atoms with van der Waals surface area (Å²) in [4.78, 5) is 28.7. The largest absolute Gasteiger partial charge is 0.374 e. The van der Waals surface area contributed by atoms with Gasteiger partial charge in [0, 0.05) is 23.1 Å². The monoisotopic (exact) mass is 357 g/mol. The lowest BCUT2D eigenvalue weighted by Gasteiger charge is -2.17. The van der Waals surface area contributed by atoms with Crippen molar-refractivity contribution in [3.8, 4) is 0 Å². The van der Waals surface area contributed by atoms with E-state index in [1.54, 1.807) is 6.92 Å². The molecule has 26 heavy (non-hydrogen) atoms. The highest BCUT2D eigenvalue weighted by Crippen LogP contribution is 2.30. The fourth-order valence-electron chi connectivity index (χ4n) is 2.89. The van der Waals surface area contributed by atoms with E-state index in [1.807, 2.05) is 30.3 Å². The molecule has 1 aliphatic rings. The van der Waals surface area contributed by atoms with E-state index >= 15 is 0 Å². The highest BCUT2D eigenvalue weighted by Gasteiger charge is 2.36. The molecule has 1 N–H and O–H groups in total. The summed E-state index contributed by atoms with van der Waals surface area (Å²) in [5, 5.41) is 3.76. The maximum Gasteiger partial charge on any atom is 0.330 e. The number of ether oxygens (including phenoxy) is 2. The maximum absolute atomic E-state index is 12.0. The topological polar surface area (TPSA) is 122 Å². The van der Waals surface area contributed by atoms with Crippen LogP contribution in [0.4, 0.5) is 0 Å². The van der Waals surface area contributed by atoms with Gasteiger partial charge in [-0.25, -0.2) is 4.79 Å². The minimum absolute atomic E-state index is 0.228. The van der Waals surface area contributed by atoms with Gasteiger partial charge in [-0.3, -0.25) is 14.3 Å². The van der Waals surface area contributed by atoms with Crippen LogP contribution in [0.3, 0.4) is 0 Å². The van der Waals surface area contributed by atoms with Gasteiger partial charge >= 0.3 is 5.69 Å². The van der Waals surface area contributed by atoms with Gasteiger partial charge in [0.1, 0.15) is 6.23 Å². The van der Waals surface area contributed by atoms with Gasteiger partial charge in [0.25, 0.3) is 5.56 Å². The van der Waals surface area contributed by atoms with Crippen molar-refractivity contribution in [2.45, 2.75) is 38.3 Å². The van der Waals surface area contributed by atoms with Crippen LogP contribution in [-0.2, 0) is 16.1 Å². The molecule has 3 unspecified atom stereocenters. The predicted octanol–water partition coefficient (Wildman–Crippen LogP) is 2.03. The van der Waals surface area contributed by atoms with Crippen molar-refractivity contribution >= 4 is 0 Å². The smallest absolute Gasteiger partial charge is 0.330 e. The van der Waals surface area contributed by atoms with Crippen LogP contribution in [-0.4, -0.2) is 28.3 Å². The number of hydrogen-bond donors (Lipinski definition) is 1. The molecule has 0 amide bonds. The third-order valence-electron chi connectivity index (χ3n) is 4.25. The van der Waals surface area contributed by atoms with Crippen LogP contribution in [0.1, 0.15) is 23.8 Å². The molecule has 1 saturated heterocycles. The number of nitrogens with zero attached hydrogens (tertiary/aromatic N) is 4. The first-order valence-electron chi connectivity index (χ1n) is 8.22. The van der Waals surface area contributed by atoms with Gasteiger partial charge in [-0.05, 0) is 18.0 Å². The first-order chi connectivity index (χ1) is 12.6. The maximum atomic E-state index is 12.0. The number of nitrogens with one attached hydrogen (secondary N) is 1. The van der Waals surface area contributed by atoms with E-state index in [9.17, 15) is 9.59 Å². The number of hydrogen-bond acceptors (Lipinski definition) is 5. The van der Waals surface area contributed by atoms with Gasteiger partial charge in [0.05, 0.1) is 25.4 Å². The van der Waals surface area contributed by atoms with Crippen molar-refractivity contribution in [3.05, 3.63) is 78.9 Å². The highest BCUT2D eigenvalue weighted by atomic mass is 16.6. The molecule has 1 aromatic heterocycles. The zero-order valence-corrected chi connectivity index (χ0v) is 14.2. The Morgan fingerprint density at radius 1 is 1.38 bits per heavy atom. The van der Waals surface area contributed by atoms with Crippen LogP contribution in [0, 0.1) is 6.92 Å². The van der Waals surface area contributed by atoms with Crippen LogP contribution in [0.25, 0.3) is 10.4 Å². The number of aromatic nitrogens is 2. The SMILES string of the molecule is Cc1cn(C2CC(N=[N+]=[N-])C(COCc3ccccc3)O2)c(=O)[nH]c1=O. The van der Waals surface area contributed by atoms with Crippen LogP contribution in [0.5, 0.6) is 0 Å². The first kappa shape index (κ1) is 17.9. The quantitative estimate of drug-likeness (QED) is 0.483. The molecule has 9 heteroatoms. The Labute approximate surface area is 148 Å². The molecular formula is C17H19N5O4. The fraction of sp³-hybridized carbons (Fsp3) is 0.412. The third kappa shape index (κ3) is 4.02. The van der Waals surface area contributed by atoms with Crippen LogP contribution in [0.15, 0.2) is 51.2 Å².